The topological polar surface area (TPSA) is 55.0 Å². The SMILES string of the molecule is CCOC(c1nc(C)cc(=O)[nH]1)C1CC1. The van der Waals surface area contributed by atoms with Crippen LogP contribution in [0, 0.1) is 12.8 Å². The molecular weight excluding hydrogens is 192 g/mol. The molecule has 4 heteroatoms. The van der Waals surface area contributed by atoms with Crippen molar-refractivity contribution in [3.8, 4) is 0 Å². The summed E-state index contributed by atoms with van der Waals surface area (Å²) in [6, 6.07) is 1.50. The molecule has 0 saturated heterocycles. The second kappa shape index (κ2) is 4.14. The van der Waals surface area contributed by atoms with Crippen molar-refractivity contribution >= 4 is 0 Å². The van der Waals surface area contributed by atoms with Crippen molar-refractivity contribution in [2.45, 2.75) is 32.8 Å². The number of aromatic nitrogens is 2. The standard InChI is InChI=1S/C11H16N2O2/c1-3-15-10(8-4-5-8)11-12-7(2)6-9(14)13-11/h6,8,10H,3-5H2,1-2H3,(H,12,13,14). The first-order valence-electron chi connectivity index (χ1n) is 5.40. The monoisotopic (exact) mass is 208 g/mol. The molecule has 1 N–H and O–H groups in total. The largest absolute Gasteiger partial charge is 0.370 e. The van der Waals surface area contributed by atoms with Crippen molar-refractivity contribution in [3.05, 3.63) is 27.9 Å². The summed E-state index contributed by atoms with van der Waals surface area (Å²) < 4.78 is 5.63. The van der Waals surface area contributed by atoms with Crippen molar-refractivity contribution in [1.29, 1.82) is 0 Å². The molecule has 1 aliphatic rings. The van der Waals surface area contributed by atoms with Gasteiger partial charge in [-0.05, 0) is 32.6 Å². The van der Waals surface area contributed by atoms with E-state index >= 15 is 0 Å². The average molecular weight is 208 g/mol. The van der Waals surface area contributed by atoms with Crippen molar-refractivity contribution < 1.29 is 4.74 Å². The lowest BCUT2D eigenvalue weighted by molar-refractivity contribution is 0.0397. The summed E-state index contributed by atoms with van der Waals surface area (Å²) in [6.07, 6.45) is 2.31. The Balaban J connectivity index is 2.28. The van der Waals surface area contributed by atoms with Gasteiger partial charge in [0.05, 0.1) is 0 Å². The molecule has 1 atom stereocenters. The fourth-order valence-electron chi connectivity index (χ4n) is 1.75. The van der Waals surface area contributed by atoms with E-state index < -0.39 is 0 Å². The van der Waals surface area contributed by atoms with Gasteiger partial charge >= 0.3 is 0 Å². The Morgan fingerprint density at radius 2 is 2.40 bits per heavy atom. The van der Waals surface area contributed by atoms with Crippen LogP contribution in [0.25, 0.3) is 0 Å². The molecule has 15 heavy (non-hydrogen) atoms. The van der Waals surface area contributed by atoms with E-state index in [-0.39, 0.29) is 11.7 Å². The summed E-state index contributed by atoms with van der Waals surface area (Å²) in [5, 5.41) is 0. The smallest absolute Gasteiger partial charge is 0.251 e. The summed E-state index contributed by atoms with van der Waals surface area (Å²) in [5.74, 6) is 1.22. The molecule has 2 rings (SSSR count). The first kappa shape index (κ1) is 10.4. The van der Waals surface area contributed by atoms with Crippen LogP contribution < -0.4 is 5.56 Å². The fourth-order valence-corrected chi connectivity index (χ4v) is 1.75. The van der Waals surface area contributed by atoms with Gasteiger partial charge in [-0.2, -0.15) is 0 Å². The molecule has 0 spiro atoms. The number of rotatable bonds is 4. The molecule has 1 unspecified atom stereocenters. The molecule has 1 saturated carbocycles. The lowest BCUT2D eigenvalue weighted by Gasteiger charge is -2.15. The Bertz CT molecular complexity index is 396. The maximum absolute atomic E-state index is 11.3. The minimum atomic E-state index is -0.0946. The lowest BCUT2D eigenvalue weighted by Crippen LogP contribution is -2.17. The average Bonchev–Trinajstić information content (AvgIpc) is 2.95. The third kappa shape index (κ3) is 2.45. The van der Waals surface area contributed by atoms with Gasteiger partial charge in [0.1, 0.15) is 11.9 Å². The van der Waals surface area contributed by atoms with Gasteiger partial charge in [-0.1, -0.05) is 0 Å². The molecule has 0 aromatic carbocycles. The predicted molar refractivity (Wildman–Crippen MR) is 56.7 cm³/mol. The molecule has 1 aromatic heterocycles. The number of aryl methyl sites for hydroxylation is 1. The van der Waals surface area contributed by atoms with Gasteiger partial charge in [0.25, 0.3) is 5.56 Å². The van der Waals surface area contributed by atoms with E-state index in [1.165, 1.54) is 18.9 Å². The van der Waals surface area contributed by atoms with Crippen LogP contribution in [0.3, 0.4) is 0 Å². The van der Waals surface area contributed by atoms with E-state index in [4.69, 9.17) is 4.74 Å². The Morgan fingerprint density at radius 3 is 2.93 bits per heavy atom. The zero-order chi connectivity index (χ0) is 10.8. The summed E-state index contributed by atoms with van der Waals surface area (Å²) in [5.41, 5.74) is 0.655. The van der Waals surface area contributed by atoms with Crippen LogP contribution in [-0.4, -0.2) is 16.6 Å². The molecule has 82 valence electrons. The third-order valence-electron chi connectivity index (χ3n) is 2.55. The minimum Gasteiger partial charge on any atom is -0.370 e. The molecule has 1 fully saturated rings. The van der Waals surface area contributed by atoms with Crippen LogP contribution in [0.4, 0.5) is 0 Å². The normalized spacial score (nSPS) is 17.7. The van der Waals surface area contributed by atoms with Gasteiger partial charge in [-0.3, -0.25) is 4.79 Å². The Labute approximate surface area is 88.7 Å². The van der Waals surface area contributed by atoms with Crippen molar-refractivity contribution in [3.63, 3.8) is 0 Å². The number of ether oxygens (including phenoxy) is 1. The highest BCUT2D eigenvalue weighted by atomic mass is 16.5. The van der Waals surface area contributed by atoms with Gasteiger partial charge in [-0.15, -0.1) is 0 Å². The van der Waals surface area contributed by atoms with E-state index in [9.17, 15) is 4.79 Å². The highest BCUT2D eigenvalue weighted by Crippen LogP contribution is 2.41. The fraction of sp³-hybridized carbons (Fsp3) is 0.636. The van der Waals surface area contributed by atoms with Crippen molar-refractivity contribution in [1.82, 2.24) is 9.97 Å². The molecule has 1 aromatic rings. The quantitative estimate of drug-likeness (QED) is 0.817. The number of hydrogen-bond donors (Lipinski definition) is 1. The molecule has 0 bridgehead atoms. The summed E-state index contributed by atoms with van der Waals surface area (Å²) in [6.45, 7) is 4.44. The summed E-state index contributed by atoms with van der Waals surface area (Å²) in [4.78, 5) is 18.4. The maximum atomic E-state index is 11.3. The van der Waals surface area contributed by atoms with Crippen LogP contribution in [-0.2, 0) is 4.74 Å². The van der Waals surface area contributed by atoms with Crippen molar-refractivity contribution in [2.75, 3.05) is 6.61 Å². The Morgan fingerprint density at radius 1 is 1.67 bits per heavy atom. The Kier molecular flexibility index (Phi) is 2.86. The summed E-state index contributed by atoms with van der Waals surface area (Å²) >= 11 is 0. The highest BCUT2D eigenvalue weighted by molar-refractivity contribution is 5.05. The molecule has 1 aliphatic carbocycles. The van der Waals surface area contributed by atoms with E-state index in [1.54, 1.807) is 0 Å². The van der Waals surface area contributed by atoms with Crippen LogP contribution in [0.15, 0.2) is 10.9 Å². The molecular formula is C11H16N2O2. The molecule has 0 radical (unpaired) electrons. The van der Waals surface area contributed by atoms with E-state index in [0.717, 1.165) is 5.69 Å². The zero-order valence-corrected chi connectivity index (χ0v) is 9.12. The lowest BCUT2D eigenvalue weighted by atomic mass is 10.2. The van der Waals surface area contributed by atoms with Crippen LogP contribution in [0.1, 0.15) is 37.4 Å². The zero-order valence-electron chi connectivity index (χ0n) is 9.12. The number of nitrogens with zero attached hydrogens (tertiary/aromatic N) is 1. The summed E-state index contributed by atoms with van der Waals surface area (Å²) in [7, 11) is 0. The van der Waals surface area contributed by atoms with Gasteiger partial charge in [-0.25, -0.2) is 4.98 Å². The van der Waals surface area contributed by atoms with E-state index in [1.807, 2.05) is 13.8 Å². The minimum absolute atomic E-state index is 0.0254. The molecule has 0 aliphatic heterocycles. The van der Waals surface area contributed by atoms with Gasteiger partial charge in [0, 0.05) is 18.4 Å². The Hall–Kier alpha value is -1.16. The van der Waals surface area contributed by atoms with Gasteiger partial charge in [0.15, 0.2) is 0 Å². The predicted octanol–water partition coefficient (Wildman–Crippen LogP) is 1.57. The van der Waals surface area contributed by atoms with Gasteiger partial charge in [0.2, 0.25) is 0 Å². The van der Waals surface area contributed by atoms with Gasteiger partial charge < -0.3 is 9.72 Å². The van der Waals surface area contributed by atoms with Crippen LogP contribution >= 0.6 is 0 Å². The van der Waals surface area contributed by atoms with Crippen molar-refractivity contribution in [2.24, 2.45) is 5.92 Å². The number of nitrogens with one attached hydrogen (secondary N) is 1. The van der Waals surface area contributed by atoms with Crippen LogP contribution in [0.2, 0.25) is 0 Å². The molecule has 4 nitrogen and oxygen atoms in total. The van der Waals surface area contributed by atoms with E-state index in [2.05, 4.69) is 9.97 Å². The third-order valence-corrected chi connectivity index (χ3v) is 2.55. The number of hydrogen-bond acceptors (Lipinski definition) is 3. The number of H-pyrrole nitrogens is 1. The van der Waals surface area contributed by atoms with Crippen LogP contribution in [0.5, 0.6) is 0 Å². The highest BCUT2D eigenvalue weighted by Gasteiger charge is 2.34. The van der Waals surface area contributed by atoms with E-state index in [0.29, 0.717) is 18.3 Å². The second-order valence-electron chi connectivity index (χ2n) is 3.99. The maximum Gasteiger partial charge on any atom is 0.251 e. The molecule has 0 amide bonds. The second-order valence-corrected chi connectivity index (χ2v) is 3.99. The number of aromatic amines is 1. The first-order chi connectivity index (χ1) is 7.20. The molecule has 1 heterocycles. The first-order valence-corrected chi connectivity index (χ1v) is 5.40.